The predicted molar refractivity (Wildman–Crippen MR) is 94.4 cm³/mol. The summed E-state index contributed by atoms with van der Waals surface area (Å²) in [6.07, 6.45) is 4.23. The molecule has 1 aromatic carbocycles. The van der Waals surface area contributed by atoms with Gasteiger partial charge in [-0.05, 0) is 17.7 Å². The van der Waals surface area contributed by atoms with Crippen molar-refractivity contribution in [3.8, 4) is 16.6 Å². The summed E-state index contributed by atoms with van der Waals surface area (Å²) >= 11 is 1.50. The van der Waals surface area contributed by atoms with Gasteiger partial charge in [-0.3, -0.25) is 4.79 Å². The molecule has 2 aromatic heterocycles. The normalized spacial score (nSPS) is 15.4. The number of hydrogen-bond acceptors (Lipinski definition) is 6. The quantitative estimate of drug-likeness (QED) is 0.762. The first kappa shape index (κ1) is 15.7. The second-order valence-electron chi connectivity index (χ2n) is 5.68. The number of amides is 1. The van der Waals surface area contributed by atoms with E-state index in [0.29, 0.717) is 25.2 Å². The molecule has 1 amide bonds. The van der Waals surface area contributed by atoms with Crippen LogP contribution >= 0.6 is 11.3 Å². The van der Waals surface area contributed by atoms with Gasteiger partial charge < -0.3 is 10.1 Å². The molecule has 126 valence electrons. The van der Waals surface area contributed by atoms with Crippen molar-refractivity contribution < 1.29 is 9.53 Å². The molecular formula is C18H16N4O2S. The fraction of sp³-hybridized carbons (Fsp3) is 0.222. The van der Waals surface area contributed by atoms with Crippen LogP contribution in [0.5, 0.6) is 5.75 Å². The number of nitrogens with zero attached hydrogens (tertiary/aromatic N) is 3. The van der Waals surface area contributed by atoms with E-state index in [-0.39, 0.29) is 5.91 Å². The van der Waals surface area contributed by atoms with Crippen LogP contribution in [0, 0.1) is 0 Å². The van der Waals surface area contributed by atoms with E-state index in [1.165, 1.54) is 11.3 Å². The predicted octanol–water partition coefficient (Wildman–Crippen LogP) is 2.26. The maximum absolute atomic E-state index is 12.3. The number of carbonyl (C=O) groups excluding carboxylic acids is 1. The topological polar surface area (TPSA) is 77.0 Å². The number of thiazole rings is 1. The van der Waals surface area contributed by atoms with Crippen LogP contribution in [0.1, 0.15) is 11.3 Å². The van der Waals surface area contributed by atoms with Gasteiger partial charge in [0.15, 0.2) is 16.9 Å². The lowest BCUT2D eigenvalue weighted by atomic mass is 10.1. The third kappa shape index (κ3) is 3.51. The number of benzene rings is 1. The number of para-hydroxylation sites is 1. The lowest BCUT2D eigenvalue weighted by molar-refractivity contribution is -0.127. The second kappa shape index (κ2) is 6.98. The van der Waals surface area contributed by atoms with Crippen molar-refractivity contribution in [1.29, 1.82) is 0 Å². The number of fused-ring (bicyclic) bond motifs is 1. The lowest BCUT2D eigenvalue weighted by Crippen LogP contribution is -2.38. The Morgan fingerprint density at radius 3 is 2.92 bits per heavy atom. The summed E-state index contributed by atoms with van der Waals surface area (Å²) in [4.78, 5) is 25.2. The molecule has 0 spiro atoms. The second-order valence-corrected chi connectivity index (χ2v) is 6.53. The molecule has 0 fully saturated rings. The Morgan fingerprint density at radius 1 is 1.24 bits per heavy atom. The van der Waals surface area contributed by atoms with Gasteiger partial charge >= 0.3 is 0 Å². The number of rotatable bonds is 5. The van der Waals surface area contributed by atoms with Crippen LogP contribution in [0.2, 0.25) is 0 Å². The van der Waals surface area contributed by atoms with Gasteiger partial charge in [0.25, 0.3) is 5.91 Å². The summed E-state index contributed by atoms with van der Waals surface area (Å²) in [5.41, 5.74) is 2.00. The van der Waals surface area contributed by atoms with Crippen molar-refractivity contribution >= 4 is 17.2 Å². The van der Waals surface area contributed by atoms with E-state index >= 15 is 0 Å². The third-order valence-corrected chi connectivity index (χ3v) is 4.82. The molecule has 7 heteroatoms. The molecule has 3 aromatic rings. The fourth-order valence-corrected chi connectivity index (χ4v) is 3.49. The number of ether oxygens (including phenoxy) is 1. The van der Waals surface area contributed by atoms with Crippen LogP contribution in [0.15, 0.2) is 48.1 Å². The van der Waals surface area contributed by atoms with Crippen LogP contribution in [0.4, 0.5) is 0 Å². The van der Waals surface area contributed by atoms with Gasteiger partial charge in [-0.25, -0.2) is 15.0 Å². The maximum Gasteiger partial charge on any atom is 0.261 e. The van der Waals surface area contributed by atoms with Gasteiger partial charge in [0.1, 0.15) is 5.75 Å². The van der Waals surface area contributed by atoms with Gasteiger partial charge in [0.2, 0.25) is 0 Å². The summed E-state index contributed by atoms with van der Waals surface area (Å²) in [5.74, 6) is 1.34. The SMILES string of the molecule is O=C(NCCc1csc(-c2ncccn2)n1)[C@@H]1Cc2ccccc2O1. The minimum Gasteiger partial charge on any atom is -0.480 e. The average molecular weight is 352 g/mol. The van der Waals surface area contributed by atoms with Crippen molar-refractivity contribution in [3.05, 3.63) is 59.4 Å². The van der Waals surface area contributed by atoms with E-state index in [2.05, 4.69) is 20.3 Å². The van der Waals surface area contributed by atoms with Crippen molar-refractivity contribution in [1.82, 2.24) is 20.3 Å². The molecule has 0 saturated heterocycles. The molecule has 1 aliphatic heterocycles. The summed E-state index contributed by atoms with van der Waals surface area (Å²) in [7, 11) is 0. The summed E-state index contributed by atoms with van der Waals surface area (Å²) in [6.45, 7) is 0.522. The first-order chi connectivity index (χ1) is 12.3. The van der Waals surface area contributed by atoms with Gasteiger partial charge in [-0.2, -0.15) is 0 Å². The molecule has 3 heterocycles. The van der Waals surface area contributed by atoms with E-state index in [0.717, 1.165) is 22.0 Å². The van der Waals surface area contributed by atoms with E-state index < -0.39 is 6.10 Å². The Morgan fingerprint density at radius 2 is 2.08 bits per heavy atom. The Kier molecular flexibility index (Phi) is 4.39. The van der Waals surface area contributed by atoms with Crippen LogP contribution in [0.25, 0.3) is 10.8 Å². The molecule has 1 N–H and O–H groups in total. The molecule has 1 atom stereocenters. The smallest absolute Gasteiger partial charge is 0.261 e. The molecule has 0 aliphatic carbocycles. The minimum atomic E-state index is -0.443. The molecule has 0 bridgehead atoms. The van der Waals surface area contributed by atoms with Gasteiger partial charge in [-0.15, -0.1) is 11.3 Å². The summed E-state index contributed by atoms with van der Waals surface area (Å²) < 4.78 is 5.69. The van der Waals surface area contributed by atoms with E-state index in [4.69, 9.17) is 4.74 Å². The Balaban J connectivity index is 1.29. The number of nitrogens with one attached hydrogen (secondary N) is 1. The molecule has 4 rings (SSSR count). The first-order valence-corrected chi connectivity index (χ1v) is 8.91. The number of carbonyl (C=O) groups is 1. The average Bonchev–Trinajstić information content (AvgIpc) is 3.29. The van der Waals surface area contributed by atoms with Crippen LogP contribution in [-0.2, 0) is 17.6 Å². The van der Waals surface area contributed by atoms with Crippen molar-refractivity contribution in [3.63, 3.8) is 0 Å². The largest absolute Gasteiger partial charge is 0.480 e. The highest BCUT2D eigenvalue weighted by Crippen LogP contribution is 2.28. The zero-order chi connectivity index (χ0) is 17.1. The highest BCUT2D eigenvalue weighted by molar-refractivity contribution is 7.13. The molecule has 0 saturated carbocycles. The Bertz CT molecular complexity index is 857. The lowest BCUT2D eigenvalue weighted by Gasteiger charge is -2.10. The van der Waals surface area contributed by atoms with Crippen molar-refractivity contribution in [2.75, 3.05) is 6.54 Å². The fourth-order valence-electron chi connectivity index (χ4n) is 2.69. The molecule has 0 unspecified atom stereocenters. The first-order valence-electron chi connectivity index (χ1n) is 8.03. The maximum atomic E-state index is 12.3. The molecule has 25 heavy (non-hydrogen) atoms. The van der Waals surface area contributed by atoms with Gasteiger partial charge in [-0.1, -0.05) is 18.2 Å². The zero-order valence-corrected chi connectivity index (χ0v) is 14.2. The van der Waals surface area contributed by atoms with E-state index in [9.17, 15) is 4.79 Å². The summed E-state index contributed by atoms with van der Waals surface area (Å²) in [6, 6.07) is 9.53. The van der Waals surface area contributed by atoms with Crippen LogP contribution in [0.3, 0.4) is 0 Å². The highest BCUT2D eigenvalue weighted by atomic mass is 32.1. The Hall–Kier alpha value is -2.80. The number of hydrogen-bond donors (Lipinski definition) is 1. The standard InChI is InChI=1S/C18H16N4O2S/c23-17(15-10-12-4-1-2-5-14(12)24-15)21-9-6-13-11-25-18(22-13)16-19-7-3-8-20-16/h1-5,7-8,11,15H,6,9-10H2,(H,21,23)/t15-/m0/s1. The van der Waals surface area contributed by atoms with Crippen LogP contribution in [-0.4, -0.2) is 33.5 Å². The monoisotopic (exact) mass is 352 g/mol. The number of aromatic nitrogens is 3. The third-order valence-electron chi connectivity index (χ3n) is 3.93. The van der Waals surface area contributed by atoms with Crippen molar-refractivity contribution in [2.24, 2.45) is 0 Å². The molecule has 6 nitrogen and oxygen atoms in total. The highest BCUT2D eigenvalue weighted by Gasteiger charge is 2.28. The Labute approximate surface area is 148 Å². The van der Waals surface area contributed by atoms with Gasteiger partial charge in [0, 0.05) is 37.2 Å². The summed E-state index contributed by atoms with van der Waals surface area (Å²) in [5, 5.41) is 5.69. The van der Waals surface area contributed by atoms with Gasteiger partial charge in [0.05, 0.1) is 5.69 Å². The molecule has 1 aliphatic rings. The molecular weight excluding hydrogens is 336 g/mol. The molecule has 0 radical (unpaired) electrons. The van der Waals surface area contributed by atoms with Crippen LogP contribution < -0.4 is 10.1 Å². The van der Waals surface area contributed by atoms with E-state index in [1.807, 2.05) is 29.6 Å². The van der Waals surface area contributed by atoms with Crippen molar-refractivity contribution in [2.45, 2.75) is 18.9 Å². The minimum absolute atomic E-state index is 0.0851. The zero-order valence-electron chi connectivity index (χ0n) is 13.4. The van der Waals surface area contributed by atoms with E-state index in [1.54, 1.807) is 18.5 Å².